The average Bonchev–Trinajstić information content (AvgIpc) is 2.44. The Morgan fingerprint density at radius 1 is 0.895 bits per heavy atom. The standard InChI is InChI=1S/C12H30NO5Si/c1-5-13(8-10-14,9-11-15)7-6-12-19(16-2,17-3)18-4/h14-15H,5-12H2,1-4H3/q+1. The van der Waals surface area contributed by atoms with Crippen LogP contribution in [0.5, 0.6) is 0 Å². The second-order valence-electron chi connectivity index (χ2n) is 4.67. The first kappa shape index (κ1) is 19.0. The molecule has 0 aromatic rings. The minimum Gasteiger partial charge on any atom is -0.391 e. The molecule has 0 unspecified atom stereocenters. The van der Waals surface area contributed by atoms with Gasteiger partial charge in [0.15, 0.2) is 0 Å². The van der Waals surface area contributed by atoms with Crippen LogP contribution >= 0.6 is 0 Å². The molecule has 116 valence electrons. The Hall–Kier alpha value is -0.0231. The molecule has 0 saturated carbocycles. The van der Waals surface area contributed by atoms with Crippen molar-refractivity contribution in [3.05, 3.63) is 0 Å². The maximum Gasteiger partial charge on any atom is 0.500 e. The van der Waals surface area contributed by atoms with Crippen LogP contribution in [0.2, 0.25) is 6.04 Å². The van der Waals surface area contributed by atoms with Gasteiger partial charge in [0.25, 0.3) is 0 Å². The van der Waals surface area contributed by atoms with Gasteiger partial charge >= 0.3 is 8.80 Å². The Bertz CT molecular complexity index is 212. The SMILES string of the molecule is CC[N+](CCO)(CCO)CCC[Si](OC)(OC)OC. The third-order valence-electron chi connectivity index (χ3n) is 3.87. The van der Waals surface area contributed by atoms with Crippen LogP contribution in [0.1, 0.15) is 13.3 Å². The smallest absolute Gasteiger partial charge is 0.391 e. The van der Waals surface area contributed by atoms with Crippen molar-refractivity contribution >= 4 is 8.80 Å². The molecule has 0 aromatic heterocycles. The minimum absolute atomic E-state index is 0.134. The van der Waals surface area contributed by atoms with Crippen molar-refractivity contribution < 1.29 is 28.0 Å². The monoisotopic (exact) mass is 296 g/mol. The van der Waals surface area contributed by atoms with Crippen molar-refractivity contribution in [2.75, 3.05) is 60.7 Å². The van der Waals surface area contributed by atoms with Crippen LogP contribution in [0.3, 0.4) is 0 Å². The molecule has 0 radical (unpaired) electrons. The van der Waals surface area contributed by atoms with E-state index in [0.717, 1.165) is 25.6 Å². The number of likely N-dealkylation sites (N-methyl/N-ethyl adjacent to an activating group) is 1. The van der Waals surface area contributed by atoms with Crippen molar-refractivity contribution in [2.24, 2.45) is 0 Å². The number of hydrogen-bond acceptors (Lipinski definition) is 5. The van der Waals surface area contributed by atoms with Gasteiger partial charge in [0.05, 0.1) is 26.3 Å². The fourth-order valence-corrected chi connectivity index (χ4v) is 4.12. The van der Waals surface area contributed by atoms with Crippen molar-refractivity contribution in [2.45, 2.75) is 19.4 Å². The second kappa shape index (κ2) is 9.81. The lowest BCUT2D eigenvalue weighted by Crippen LogP contribution is -2.53. The molecule has 0 bridgehead atoms. The Kier molecular flexibility index (Phi) is 9.80. The average molecular weight is 296 g/mol. The summed E-state index contributed by atoms with van der Waals surface area (Å²) < 4.78 is 16.9. The predicted octanol–water partition coefficient (Wildman–Crippen LogP) is 0.0759. The lowest BCUT2D eigenvalue weighted by atomic mass is 10.3. The highest BCUT2D eigenvalue weighted by molar-refractivity contribution is 6.60. The van der Waals surface area contributed by atoms with E-state index >= 15 is 0 Å². The normalized spacial score (nSPS) is 12.9. The second-order valence-corrected chi connectivity index (χ2v) is 7.77. The van der Waals surface area contributed by atoms with Crippen LogP contribution < -0.4 is 0 Å². The van der Waals surface area contributed by atoms with E-state index in [1.165, 1.54) is 0 Å². The highest BCUT2D eigenvalue weighted by Crippen LogP contribution is 2.17. The van der Waals surface area contributed by atoms with Crippen molar-refractivity contribution in [3.63, 3.8) is 0 Å². The largest absolute Gasteiger partial charge is 0.500 e. The molecule has 0 heterocycles. The molecule has 0 aromatic carbocycles. The molecular weight excluding hydrogens is 266 g/mol. The number of nitrogens with zero attached hydrogens (tertiary/aromatic N) is 1. The molecule has 0 fully saturated rings. The van der Waals surface area contributed by atoms with Gasteiger partial charge in [0, 0.05) is 33.8 Å². The highest BCUT2D eigenvalue weighted by Gasteiger charge is 2.38. The fraction of sp³-hybridized carbons (Fsp3) is 1.00. The number of quaternary nitrogens is 1. The molecule has 0 aliphatic rings. The van der Waals surface area contributed by atoms with Gasteiger partial charge < -0.3 is 28.0 Å². The molecule has 0 amide bonds. The van der Waals surface area contributed by atoms with Gasteiger partial charge in [-0.1, -0.05) is 0 Å². The van der Waals surface area contributed by atoms with Crippen LogP contribution in [0, 0.1) is 0 Å². The van der Waals surface area contributed by atoms with E-state index < -0.39 is 8.80 Å². The molecule has 2 N–H and O–H groups in total. The third-order valence-corrected chi connectivity index (χ3v) is 6.70. The summed E-state index contributed by atoms with van der Waals surface area (Å²) >= 11 is 0. The van der Waals surface area contributed by atoms with Gasteiger partial charge in [0.2, 0.25) is 0 Å². The van der Waals surface area contributed by atoms with E-state index in [2.05, 4.69) is 6.92 Å². The van der Waals surface area contributed by atoms with Gasteiger partial charge in [-0.05, 0) is 6.92 Å². The van der Waals surface area contributed by atoms with E-state index in [1.807, 2.05) is 0 Å². The number of aliphatic hydroxyl groups is 2. The number of aliphatic hydroxyl groups excluding tert-OH is 2. The summed E-state index contributed by atoms with van der Waals surface area (Å²) in [6.45, 7) is 5.45. The van der Waals surface area contributed by atoms with E-state index in [-0.39, 0.29) is 13.2 Å². The molecule has 0 aliphatic heterocycles. The summed E-state index contributed by atoms with van der Waals surface area (Å²) in [6.07, 6.45) is 0.885. The molecular formula is C12H30NO5Si+. The fourth-order valence-electron chi connectivity index (χ4n) is 2.42. The first-order chi connectivity index (χ1) is 9.07. The zero-order valence-electron chi connectivity index (χ0n) is 12.7. The zero-order valence-corrected chi connectivity index (χ0v) is 13.7. The molecule has 0 aliphatic carbocycles. The molecule has 19 heavy (non-hydrogen) atoms. The van der Waals surface area contributed by atoms with Gasteiger partial charge in [0.1, 0.15) is 13.1 Å². The van der Waals surface area contributed by atoms with Gasteiger partial charge in [-0.15, -0.1) is 0 Å². The Balaban J connectivity index is 4.46. The topological polar surface area (TPSA) is 68.2 Å². The van der Waals surface area contributed by atoms with E-state index in [9.17, 15) is 10.2 Å². The summed E-state index contributed by atoms with van der Waals surface area (Å²) in [6, 6.07) is 0.743. The predicted molar refractivity (Wildman–Crippen MR) is 75.8 cm³/mol. The summed E-state index contributed by atoms with van der Waals surface area (Å²) in [5.41, 5.74) is 0. The van der Waals surface area contributed by atoms with Crippen LogP contribution in [-0.4, -0.2) is 84.2 Å². The van der Waals surface area contributed by atoms with Crippen LogP contribution in [-0.2, 0) is 13.3 Å². The van der Waals surface area contributed by atoms with Gasteiger partial charge in [-0.3, -0.25) is 0 Å². The summed E-state index contributed by atoms with van der Waals surface area (Å²) in [7, 11) is 2.33. The van der Waals surface area contributed by atoms with E-state index in [0.29, 0.717) is 17.6 Å². The summed E-state index contributed by atoms with van der Waals surface area (Å²) in [5, 5.41) is 18.4. The highest BCUT2D eigenvalue weighted by atomic mass is 28.4. The van der Waals surface area contributed by atoms with Gasteiger partial charge in [-0.25, -0.2) is 0 Å². The Labute approximate surface area is 117 Å². The molecule has 0 spiro atoms. The molecule has 6 nitrogen and oxygen atoms in total. The number of rotatable bonds is 12. The summed E-state index contributed by atoms with van der Waals surface area (Å²) in [5.74, 6) is 0. The molecule has 0 rings (SSSR count). The first-order valence-electron chi connectivity index (χ1n) is 6.80. The molecule has 0 atom stereocenters. The molecule has 0 saturated heterocycles. The van der Waals surface area contributed by atoms with Crippen LogP contribution in [0.25, 0.3) is 0 Å². The van der Waals surface area contributed by atoms with E-state index in [4.69, 9.17) is 13.3 Å². The maximum absolute atomic E-state index is 9.19. The van der Waals surface area contributed by atoms with Crippen molar-refractivity contribution in [3.8, 4) is 0 Å². The van der Waals surface area contributed by atoms with Crippen molar-refractivity contribution in [1.29, 1.82) is 0 Å². The van der Waals surface area contributed by atoms with E-state index in [1.54, 1.807) is 21.3 Å². The third kappa shape index (κ3) is 5.86. The van der Waals surface area contributed by atoms with Crippen molar-refractivity contribution in [1.82, 2.24) is 0 Å². The van der Waals surface area contributed by atoms with Crippen LogP contribution in [0.15, 0.2) is 0 Å². The van der Waals surface area contributed by atoms with Crippen LogP contribution in [0.4, 0.5) is 0 Å². The van der Waals surface area contributed by atoms with Gasteiger partial charge in [-0.2, -0.15) is 0 Å². The number of hydrogen-bond donors (Lipinski definition) is 2. The first-order valence-corrected chi connectivity index (χ1v) is 8.73. The molecule has 7 heteroatoms. The zero-order chi connectivity index (χ0) is 14.8. The lowest BCUT2D eigenvalue weighted by molar-refractivity contribution is -0.927. The Morgan fingerprint density at radius 3 is 1.68 bits per heavy atom. The maximum atomic E-state index is 9.19. The quantitative estimate of drug-likeness (QED) is 0.394. The Morgan fingerprint density at radius 2 is 1.37 bits per heavy atom. The summed E-state index contributed by atoms with van der Waals surface area (Å²) in [4.78, 5) is 0. The lowest BCUT2D eigenvalue weighted by Gasteiger charge is -2.37. The minimum atomic E-state index is -2.51.